The van der Waals surface area contributed by atoms with Gasteiger partial charge in [0.1, 0.15) is 6.04 Å². The molecule has 1 atom stereocenters. The highest BCUT2D eigenvalue weighted by Gasteiger charge is 2.30. The Hall–Kier alpha value is -2.62. The number of para-hydroxylation sites is 1. The van der Waals surface area contributed by atoms with E-state index in [-0.39, 0.29) is 11.8 Å². The molecular weight excluding hydrogens is 312 g/mol. The number of hydrogen-bond donors (Lipinski definition) is 1. The number of nitrogens with one attached hydrogen (secondary N) is 1. The van der Waals surface area contributed by atoms with Crippen LogP contribution in [0.5, 0.6) is 0 Å². The molecule has 25 heavy (non-hydrogen) atoms. The molecule has 1 aliphatic heterocycles. The van der Waals surface area contributed by atoms with Gasteiger partial charge in [-0.05, 0) is 49.4 Å². The van der Waals surface area contributed by atoms with Crippen molar-refractivity contribution in [1.29, 1.82) is 0 Å². The zero-order valence-corrected chi connectivity index (χ0v) is 14.8. The van der Waals surface area contributed by atoms with Gasteiger partial charge in [0.25, 0.3) is 0 Å². The second-order valence-corrected chi connectivity index (χ2v) is 6.57. The molecule has 3 rings (SSSR count). The van der Waals surface area contributed by atoms with Crippen molar-refractivity contribution in [2.24, 2.45) is 0 Å². The summed E-state index contributed by atoms with van der Waals surface area (Å²) < 4.78 is 0. The zero-order chi connectivity index (χ0) is 17.8. The van der Waals surface area contributed by atoms with Gasteiger partial charge in [-0.1, -0.05) is 42.5 Å². The maximum atomic E-state index is 12.7. The molecule has 0 aromatic heterocycles. The number of nitrogens with zero attached hydrogens (tertiary/aromatic N) is 1. The Labute approximate surface area is 148 Å². The molecule has 0 radical (unpaired) electrons. The predicted molar refractivity (Wildman–Crippen MR) is 99.4 cm³/mol. The van der Waals surface area contributed by atoms with Crippen LogP contribution in [0.4, 0.5) is 5.69 Å². The molecule has 4 nitrogen and oxygen atoms in total. The minimum absolute atomic E-state index is 0.0171. The lowest BCUT2D eigenvalue weighted by molar-refractivity contribution is -0.126. The summed E-state index contributed by atoms with van der Waals surface area (Å²) in [5, 5.41) is 2.98. The van der Waals surface area contributed by atoms with Crippen LogP contribution in [0.2, 0.25) is 0 Å². The Morgan fingerprint density at radius 3 is 2.64 bits per heavy atom. The number of aryl methyl sites for hydroxylation is 2. The van der Waals surface area contributed by atoms with E-state index in [1.807, 2.05) is 55.5 Å². The summed E-state index contributed by atoms with van der Waals surface area (Å²) in [7, 11) is 0. The van der Waals surface area contributed by atoms with E-state index in [2.05, 4.69) is 5.32 Å². The molecule has 0 fully saturated rings. The van der Waals surface area contributed by atoms with E-state index in [0.717, 1.165) is 35.2 Å². The van der Waals surface area contributed by atoms with Crippen LogP contribution in [0, 0.1) is 6.92 Å². The van der Waals surface area contributed by atoms with Gasteiger partial charge < -0.3 is 5.32 Å². The Morgan fingerprint density at radius 2 is 1.84 bits per heavy atom. The lowest BCUT2D eigenvalue weighted by atomic mass is 10.1. The fraction of sp³-hybridized carbons (Fsp3) is 0.333. The first-order chi connectivity index (χ1) is 12.1. The van der Waals surface area contributed by atoms with Gasteiger partial charge in [0.15, 0.2) is 0 Å². The minimum atomic E-state index is -0.532. The predicted octanol–water partition coefficient (Wildman–Crippen LogP) is 3.37. The quantitative estimate of drug-likeness (QED) is 0.930. The molecule has 0 unspecified atom stereocenters. The first-order valence-corrected chi connectivity index (χ1v) is 8.80. The van der Waals surface area contributed by atoms with E-state index in [9.17, 15) is 9.59 Å². The summed E-state index contributed by atoms with van der Waals surface area (Å²) in [4.78, 5) is 26.9. The molecule has 0 saturated carbocycles. The topological polar surface area (TPSA) is 49.4 Å². The summed E-state index contributed by atoms with van der Waals surface area (Å²) in [6.07, 6.45) is 2.17. The third kappa shape index (κ3) is 3.73. The molecule has 4 heteroatoms. The smallest absolute Gasteiger partial charge is 0.243 e. The van der Waals surface area contributed by atoms with Gasteiger partial charge in [-0.2, -0.15) is 0 Å². The molecule has 2 aromatic rings. The van der Waals surface area contributed by atoms with E-state index in [1.54, 1.807) is 11.8 Å². The molecule has 2 aromatic carbocycles. The number of anilines is 1. The van der Waals surface area contributed by atoms with Crippen LogP contribution < -0.4 is 10.2 Å². The highest BCUT2D eigenvalue weighted by molar-refractivity contribution is 6.01. The maximum absolute atomic E-state index is 12.7. The summed E-state index contributed by atoms with van der Waals surface area (Å²) in [5.74, 6) is -0.114. The molecular formula is C21H24N2O2. The van der Waals surface area contributed by atoms with Crippen molar-refractivity contribution >= 4 is 17.5 Å². The molecule has 130 valence electrons. The van der Waals surface area contributed by atoms with Crippen LogP contribution in [-0.2, 0) is 22.6 Å². The fourth-order valence-corrected chi connectivity index (χ4v) is 3.32. The van der Waals surface area contributed by atoms with Gasteiger partial charge in [0.2, 0.25) is 11.8 Å². The second kappa shape index (κ2) is 7.51. The molecule has 2 amide bonds. The third-order valence-electron chi connectivity index (χ3n) is 4.84. The van der Waals surface area contributed by atoms with Crippen molar-refractivity contribution in [2.45, 2.75) is 45.7 Å². The summed E-state index contributed by atoms with van der Waals surface area (Å²) >= 11 is 0. The van der Waals surface area contributed by atoms with E-state index >= 15 is 0 Å². The van der Waals surface area contributed by atoms with Crippen molar-refractivity contribution in [3.8, 4) is 0 Å². The van der Waals surface area contributed by atoms with Gasteiger partial charge >= 0.3 is 0 Å². The Kier molecular flexibility index (Phi) is 5.17. The normalized spacial score (nSPS) is 15.3. The molecule has 0 saturated heterocycles. The Morgan fingerprint density at radius 1 is 1.12 bits per heavy atom. The summed E-state index contributed by atoms with van der Waals surface area (Å²) in [6.45, 7) is 4.30. The molecule has 0 bridgehead atoms. The zero-order valence-electron chi connectivity index (χ0n) is 14.8. The van der Waals surface area contributed by atoms with Crippen LogP contribution in [0.1, 0.15) is 36.5 Å². The van der Waals surface area contributed by atoms with Crippen LogP contribution in [-0.4, -0.2) is 17.9 Å². The Bertz CT molecular complexity index is 785. The number of hydrogen-bond acceptors (Lipinski definition) is 2. The average Bonchev–Trinajstić information content (AvgIpc) is 2.78. The summed E-state index contributed by atoms with van der Waals surface area (Å²) in [6, 6.07) is 15.3. The van der Waals surface area contributed by atoms with Gasteiger partial charge in [0.05, 0.1) is 0 Å². The standard InChI is InChI=1S/C21H24N2O2/c1-15-8-3-4-10-18(15)14-22-21(25)16(2)23-19-12-6-5-9-17(19)11-7-13-20(23)24/h3-6,8-10,12,16H,7,11,13-14H2,1-2H3,(H,22,25)/t16-/m0/s1. The van der Waals surface area contributed by atoms with Gasteiger partial charge in [-0.15, -0.1) is 0 Å². The molecule has 1 heterocycles. The van der Waals surface area contributed by atoms with Crippen LogP contribution in [0.15, 0.2) is 48.5 Å². The Balaban J connectivity index is 1.77. The lowest BCUT2D eigenvalue weighted by Crippen LogP contribution is -2.48. The van der Waals surface area contributed by atoms with Crippen LogP contribution >= 0.6 is 0 Å². The number of carbonyl (C=O) groups excluding carboxylic acids is 2. The van der Waals surface area contributed by atoms with Crippen LogP contribution in [0.25, 0.3) is 0 Å². The van der Waals surface area contributed by atoms with Crippen molar-refractivity contribution in [1.82, 2.24) is 5.32 Å². The van der Waals surface area contributed by atoms with Crippen molar-refractivity contribution in [2.75, 3.05) is 4.90 Å². The molecule has 0 aliphatic carbocycles. The number of rotatable bonds is 4. The van der Waals surface area contributed by atoms with Gasteiger partial charge in [0, 0.05) is 18.7 Å². The lowest BCUT2D eigenvalue weighted by Gasteiger charge is -2.29. The van der Waals surface area contributed by atoms with E-state index < -0.39 is 6.04 Å². The summed E-state index contributed by atoms with van der Waals surface area (Å²) in [5.41, 5.74) is 4.23. The first kappa shape index (κ1) is 17.2. The van der Waals surface area contributed by atoms with Crippen molar-refractivity contribution in [3.63, 3.8) is 0 Å². The monoisotopic (exact) mass is 336 g/mol. The highest BCUT2D eigenvalue weighted by Crippen LogP contribution is 2.28. The SMILES string of the molecule is Cc1ccccc1CNC(=O)[C@H](C)N1C(=O)CCCc2ccccc21. The highest BCUT2D eigenvalue weighted by atomic mass is 16.2. The average molecular weight is 336 g/mol. The number of amides is 2. The molecule has 1 N–H and O–H groups in total. The van der Waals surface area contributed by atoms with E-state index in [1.165, 1.54) is 0 Å². The molecule has 0 spiro atoms. The van der Waals surface area contributed by atoms with E-state index in [4.69, 9.17) is 0 Å². The van der Waals surface area contributed by atoms with E-state index in [0.29, 0.717) is 13.0 Å². The molecule has 1 aliphatic rings. The minimum Gasteiger partial charge on any atom is -0.350 e. The third-order valence-corrected chi connectivity index (χ3v) is 4.84. The van der Waals surface area contributed by atoms with Crippen molar-refractivity contribution in [3.05, 3.63) is 65.2 Å². The van der Waals surface area contributed by atoms with Gasteiger partial charge in [-0.25, -0.2) is 0 Å². The largest absolute Gasteiger partial charge is 0.350 e. The number of carbonyl (C=O) groups is 2. The van der Waals surface area contributed by atoms with Crippen LogP contribution in [0.3, 0.4) is 0 Å². The maximum Gasteiger partial charge on any atom is 0.243 e. The number of benzene rings is 2. The van der Waals surface area contributed by atoms with Gasteiger partial charge in [-0.3, -0.25) is 14.5 Å². The fourth-order valence-electron chi connectivity index (χ4n) is 3.32. The second-order valence-electron chi connectivity index (χ2n) is 6.57. The van der Waals surface area contributed by atoms with Crippen molar-refractivity contribution < 1.29 is 9.59 Å². The first-order valence-electron chi connectivity index (χ1n) is 8.80. The number of fused-ring (bicyclic) bond motifs is 1.